The first-order valence-electron chi connectivity index (χ1n) is 6.42. The van der Waals surface area contributed by atoms with Gasteiger partial charge in [-0.1, -0.05) is 37.7 Å². The number of aromatic nitrogens is 3. The van der Waals surface area contributed by atoms with E-state index in [9.17, 15) is 0 Å². The summed E-state index contributed by atoms with van der Waals surface area (Å²) < 4.78 is 1.85. The Morgan fingerprint density at radius 1 is 1.32 bits per heavy atom. The van der Waals surface area contributed by atoms with E-state index in [2.05, 4.69) is 17.0 Å². The van der Waals surface area contributed by atoms with Crippen LogP contribution in [0.4, 0.5) is 0 Å². The van der Waals surface area contributed by atoms with Crippen LogP contribution in [0.3, 0.4) is 0 Å². The summed E-state index contributed by atoms with van der Waals surface area (Å²) in [4.78, 5) is 4.90. The minimum Gasteiger partial charge on any atom is -0.389 e. The molecule has 0 saturated carbocycles. The van der Waals surface area contributed by atoms with Gasteiger partial charge in [0.15, 0.2) is 5.82 Å². The van der Waals surface area contributed by atoms with Gasteiger partial charge in [-0.25, -0.2) is 9.67 Å². The molecule has 2 rings (SSSR count). The Kier molecular flexibility index (Phi) is 3.95. The van der Waals surface area contributed by atoms with Gasteiger partial charge in [-0.05, 0) is 19.1 Å². The standard InChI is InChI=1S/C14H18N4S/c1-4-12-16-13(5-2)18(17-12)11-7-6-9(3)8-10(11)14(15)19/h6-8H,4-5H2,1-3H3,(H2,15,19). The third kappa shape index (κ3) is 2.66. The molecule has 1 aromatic heterocycles. The molecule has 0 aliphatic rings. The lowest BCUT2D eigenvalue weighted by Gasteiger charge is -2.11. The van der Waals surface area contributed by atoms with Gasteiger partial charge in [0, 0.05) is 18.4 Å². The molecule has 0 fully saturated rings. The summed E-state index contributed by atoms with van der Waals surface area (Å²) >= 11 is 5.14. The number of benzene rings is 1. The summed E-state index contributed by atoms with van der Waals surface area (Å²) in [7, 11) is 0. The molecule has 100 valence electrons. The number of nitrogens with two attached hydrogens (primary N) is 1. The minimum absolute atomic E-state index is 0.384. The fourth-order valence-corrected chi connectivity index (χ4v) is 2.16. The molecule has 0 spiro atoms. The number of rotatable bonds is 4. The van der Waals surface area contributed by atoms with Crippen LogP contribution in [0.1, 0.15) is 36.6 Å². The second-order valence-electron chi connectivity index (χ2n) is 4.45. The molecule has 0 radical (unpaired) electrons. The number of nitrogens with zero attached hydrogens (tertiary/aromatic N) is 3. The van der Waals surface area contributed by atoms with Gasteiger partial charge < -0.3 is 5.73 Å². The highest BCUT2D eigenvalue weighted by atomic mass is 32.1. The molecular weight excluding hydrogens is 256 g/mol. The van der Waals surface area contributed by atoms with Crippen molar-refractivity contribution in [1.82, 2.24) is 14.8 Å². The molecule has 0 unspecified atom stereocenters. The van der Waals surface area contributed by atoms with Crippen molar-refractivity contribution >= 4 is 17.2 Å². The van der Waals surface area contributed by atoms with Gasteiger partial charge in [0.05, 0.1) is 5.69 Å². The van der Waals surface area contributed by atoms with E-state index >= 15 is 0 Å². The van der Waals surface area contributed by atoms with Crippen LogP contribution in [0.2, 0.25) is 0 Å². The third-order valence-corrected chi connectivity index (χ3v) is 3.22. The van der Waals surface area contributed by atoms with E-state index in [1.165, 1.54) is 0 Å². The Morgan fingerprint density at radius 3 is 2.63 bits per heavy atom. The predicted molar refractivity (Wildman–Crippen MR) is 80.7 cm³/mol. The third-order valence-electron chi connectivity index (χ3n) is 3.00. The summed E-state index contributed by atoms with van der Waals surface area (Å²) in [5, 5.41) is 4.53. The zero-order valence-corrected chi connectivity index (χ0v) is 12.3. The van der Waals surface area contributed by atoms with Crippen LogP contribution in [0.5, 0.6) is 0 Å². The molecule has 0 aliphatic carbocycles. The van der Waals surface area contributed by atoms with Gasteiger partial charge >= 0.3 is 0 Å². The quantitative estimate of drug-likeness (QED) is 0.869. The van der Waals surface area contributed by atoms with Crippen molar-refractivity contribution in [2.75, 3.05) is 0 Å². The van der Waals surface area contributed by atoms with Gasteiger partial charge in [0.2, 0.25) is 0 Å². The number of hydrogen-bond donors (Lipinski definition) is 1. The Balaban J connectivity index is 2.64. The maximum Gasteiger partial charge on any atom is 0.151 e. The van der Waals surface area contributed by atoms with Crippen molar-refractivity contribution in [3.05, 3.63) is 41.0 Å². The fourth-order valence-electron chi connectivity index (χ4n) is 2.00. The lowest BCUT2D eigenvalue weighted by molar-refractivity contribution is 0.789. The second-order valence-corrected chi connectivity index (χ2v) is 4.89. The van der Waals surface area contributed by atoms with Crippen LogP contribution in [-0.2, 0) is 12.8 Å². The van der Waals surface area contributed by atoms with Crippen LogP contribution in [-0.4, -0.2) is 19.8 Å². The molecule has 0 saturated heterocycles. The lowest BCUT2D eigenvalue weighted by Crippen LogP contribution is -2.15. The molecule has 2 aromatic rings. The van der Waals surface area contributed by atoms with Crippen LogP contribution in [0.25, 0.3) is 5.69 Å². The monoisotopic (exact) mass is 274 g/mol. The molecule has 0 bridgehead atoms. The molecular formula is C14H18N4S. The van der Waals surface area contributed by atoms with E-state index in [4.69, 9.17) is 18.0 Å². The highest BCUT2D eigenvalue weighted by Crippen LogP contribution is 2.18. The van der Waals surface area contributed by atoms with E-state index < -0.39 is 0 Å². The maximum atomic E-state index is 5.82. The Bertz CT molecular complexity index is 616. The molecule has 1 heterocycles. The van der Waals surface area contributed by atoms with E-state index in [0.717, 1.165) is 41.3 Å². The van der Waals surface area contributed by atoms with Crippen LogP contribution in [0, 0.1) is 6.92 Å². The number of thiocarbonyl (C=S) groups is 1. The van der Waals surface area contributed by atoms with Crippen molar-refractivity contribution < 1.29 is 0 Å². The van der Waals surface area contributed by atoms with E-state index in [1.807, 2.05) is 36.7 Å². The van der Waals surface area contributed by atoms with Crippen LogP contribution < -0.4 is 5.73 Å². The van der Waals surface area contributed by atoms with Crippen LogP contribution >= 0.6 is 12.2 Å². The first-order chi connectivity index (χ1) is 9.06. The second kappa shape index (κ2) is 5.48. The Hall–Kier alpha value is -1.75. The molecule has 1 aromatic carbocycles. The van der Waals surface area contributed by atoms with Crippen molar-refractivity contribution in [3.8, 4) is 5.69 Å². The van der Waals surface area contributed by atoms with Gasteiger partial charge in [-0.3, -0.25) is 0 Å². The summed E-state index contributed by atoms with van der Waals surface area (Å²) in [6, 6.07) is 6.02. The van der Waals surface area contributed by atoms with Crippen molar-refractivity contribution in [1.29, 1.82) is 0 Å². The summed E-state index contributed by atoms with van der Waals surface area (Å²) in [6.45, 7) is 6.13. The summed E-state index contributed by atoms with van der Waals surface area (Å²) in [5.74, 6) is 1.77. The Labute approximate surface area is 118 Å². The molecule has 19 heavy (non-hydrogen) atoms. The normalized spacial score (nSPS) is 10.7. The first kappa shape index (κ1) is 13.7. The van der Waals surface area contributed by atoms with Crippen molar-refractivity contribution in [2.45, 2.75) is 33.6 Å². The number of aryl methyl sites for hydroxylation is 3. The zero-order chi connectivity index (χ0) is 14.0. The SMILES string of the molecule is CCc1nc(CC)n(-c2ccc(C)cc2C(N)=S)n1. The molecule has 5 heteroatoms. The number of hydrogen-bond acceptors (Lipinski definition) is 3. The minimum atomic E-state index is 0.384. The van der Waals surface area contributed by atoms with Gasteiger partial charge in [-0.2, -0.15) is 5.10 Å². The molecule has 0 atom stereocenters. The smallest absolute Gasteiger partial charge is 0.151 e. The van der Waals surface area contributed by atoms with Gasteiger partial charge in [0.1, 0.15) is 10.8 Å². The van der Waals surface area contributed by atoms with Gasteiger partial charge in [-0.15, -0.1) is 0 Å². The van der Waals surface area contributed by atoms with Gasteiger partial charge in [0.25, 0.3) is 0 Å². The predicted octanol–water partition coefficient (Wildman–Crippen LogP) is 2.33. The highest BCUT2D eigenvalue weighted by molar-refractivity contribution is 7.80. The largest absolute Gasteiger partial charge is 0.389 e. The molecule has 4 nitrogen and oxygen atoms in total. The zero-order valence-electron chi connectivity index (χ0n) is 11.5. The molecule has 0 amide bonds. The van der Waals surface area contributed by atoms with E-state index in [1.54, 1.807) is 0 Å². The average Bonchev–Trinajstić information content (AvgIpc) is 2.81. The molecule has 0 aliphatic heterocycles. The van der Waals surface area contributed by atoms with Crippen LogP contribution in [0.15, 0.2) is 18.2 Å². The van der Waals surface area contributed by atoms with Crippen molar-refractivity contribution in [2.24, 2.45) is 5.73 Å². The van der Waals surface area contributed by atoms with E-state index in [-0.39, 0.29) is 0 Å². The lowest BCUT2D eigenvalue weighted by atomic mass is 10.1. The summed E-state index contributed by atoms with van der Waals surface area (Å²) in [5.41, 5.74) is 8.70. The molecule has 2 N–H and O–H groups in total. The average molecular weight is 274 g/mol. The first-order valence-corrected chi connectivity index (χ1v) is 6.83. The highest BCUT2D eigenvalue weighted by Gasteiger charge is 2.14. The fraction of sp³-hybridized carbons (Fsp3) is 0.357. The van der Waals surface area contributed by atoms with Crippen molar-refractivity contribution in [3.63, 3.8) is 0 Å². The Morgan fingerprint density at radius 2 is 2.05 bits per heavy atom. The topological polar surface area (TPSA) is 56.7 Å². The maximum absolute atomic E-state index is 5.82. The summed E-state index contributed by atoms with van der Waals surface area (Å²) in [6.07, 6.45) is 1.63. The van der Waals surface area contributed by atoms with E-state index in [0.29, 0.717) is 4.99 Å².